The summed E-state index contributed by atoms with van der Waals surface area (Å²) in [5.74, 6) is 1.75. The summed E-state index contributed by atoms with van der Waals surface area (Å²) in [5.41, 5.74) is 8.16. The molecular weight excluding hydrogens is 250 g/mol. The van der Waals surface area contributed by atoms with Crippen LogP contribution >= 0.6 is 0 Å². The Balaban J connectivity index is 1.82. The summed E-state index contributed by atoms with van der Waals surface area (Å²) < 4.78 is 10.9. The molecule has 0 amide bonds. The van der Waals surface area contributed by atoms with Gasteiger partial charge in [0.05, 0.1) is 13.7 Å². The number of rotatable bonds is 6. The third kappa shape index (κ3) is 4.00. The van der Waals surface area contributed by atoms with Gasteiger partial charge in [0.15, 0.2) is 0 Å². The molecule has 0 fully saturated rings. The first kappa shape index (κ1) is 14.4. The van der Waals surface area contributed by atoms with E-state index in [4.69, 9.17) is 15.2 Å². The van der Waals surface area contributed by atoms with E-state index in [1.807, 2.05) is 43.3 Å². The van der Waals surface area contributed by atoms with Crippen molar-refractivity contribution >= 4 is 0 Å². The minimum absolute atomic E-state index is 0.0587. The fraction of sp³-hybridized carbons (Fsp3) is 0.294. The Bertz CT molecular complexity index is 518. The van der Waals surface area contributed by atoms with Crippen LogP contribution in [0.1, 0.15) is 24.1 Å². The van der Waals surface area contributed by atoms with E-state index in [0.717, 1.165) is 23.5 Å². The Kier molecular flexibility index (Phi) is 5.02. The van der Waals surface area contributed by atoms with Gasteiger partial charge in [0.25, 0.3) is 0 Å². The average Bonchev–Trinajstić information content (AvgIpc) is 2.48. The molecule has 0 heterocycles. The molecule has 0 aliphatic heterocycles. The van der Waals surface area contributed by atoms with Gasteiger partial charge in [-0.25, -0.2) is 0 Å². The van der Waals surface area contributed by atoms with Crippen molar-refractivity contribution in [1.29, 1.82) is 0 Å². The molecule has 0 aliphatic rings. The highest BCUT2D eigenvalue weighted by Gasteiger charge is 2.00. The van der Waals surface area contributed by atoms with Gasteiger partial charge in [-0.15, -0.1) is 0 Å². The molecule has 2 aromatic rings. The second kappa shape index (κ2) is 6.96. The van der Waals surface area contributed by atoms with Gasteiger partial charge in [0, 0.05) is 12.5 Å². The van der Waals surface area contributed by atoms with Crippen LogP contribution in [-0.4, -0.2) is 13.7 Å². The second-order valence-electron chi connectivity index (χ2n) is 4.80. The number of hydrogen-bond acceptors (Lipinski definition) is 3. The predicted molar refractivity (Wildman–Crippen MR) is 81.2 cm³/mol. The van der Waals surface area contributed by atoms with E-state index in [9.17, 15) is 0 Å². The van der Waals surface area contributed by atoms with E-state index in [2.05, 4.69) is 12.1 Å². The Morgan fingerprint density at radius 3 is 2.10 bits per heavy atom. The summed E-state index contributed by atoms with van der Waals surface area (Å²) in [6.45, 7) is 2.63. The molecule has 0 aromatic heterocycles. The van der Waals surface area contributed by atoms with E-state index in [1.165, 1.54) is 5.56 Å². The average molecular weight is 271 g/mol. The molecule has 2 aromatic carbocycles. The Hall–Kier alpha value is -2.00. The number of benzene rings is 2. The van der Waals surface area contributed by atoms with Crippen LogP contribution in [0.25, 0.3) is 0 Å². The van der Waals surface area contributed by atoms with Crippen molar-refractivity contribution in [2.75, 3.05) is 13.7 Å². The number of ether oxygens (including phenoxy) is 2. The quantitative estimate of drug-likeness (QED) is 0.876. The minimum Gasteiger partial charge on any atom is -0.497 e. The van der Waals surface area contributed by atoms with Gasteiger partial charge in [-0.05, 0) is 42.3 Å². The monoisotopic (exact) mass is 271 g/mol. The van der Waals surface area contributed by atoms with Crippen LogP contribution in [0, 0.1) is 0 Å². The first-order valence-electron chi connectivity index (χ1n) is 6.80. The molecule has 0 saturated heterocycles. The molecule has 0 saturated carbocycles. The lowest BCUT2D eigenvalue weighted by Crippen LogP contribution is -2.05. The maximum Gasteiger partial charge on any atom is 0.119 e. The van der Waals surface area contributed by atoms with Crippen LogP contribution in [0.2, 0.25) is 0 Å². The van der Waals surface area contributed by atoms with Crippen molar-refractivity contribution in [3.8, 4) is 11.5 Å². The van der Waals surface area contributed by atoms with Gasteiger partial charge in [-0.1, -0.05) is 24.3 Å². The van der Waals surface area contributed by atoms with Gasteiger partial charge in [-0.3, -0.25) is 0 Å². The standard InChI is InChI=1S/C17H21NO2/c1-13(18)15-5-9-17(10-6-15)20-12-11-14-3-7-16(19-2)8-4-14/h3-10,13H,11-12,18H2,1-2H3/t13-/m0/s1. The van der Waals surface area contributed by atoms with E-state index < -0.39 is 0 Å². The fourth-order valence-electron chi connectivity index (χ4n) is 1.95. The van der Waals surface area contributed by atoms with Crippen molar-refractivity contribution in [2.24, 2.45) is 5.73 Å². The lowest BCUT2D eigenvalue weighted by atomic mass is 10.1. The smallest absolute Gasteiger partial charge is 0.119 e. The van der Waals surface area contributed by atoms with Crippen molar-refractivity contribution in [1.82, 2.24) is 0 Å². The van der Waals surface area contributed by atoms with Gasteiger partial charge in [0.2, 0.25) is 0 Å². The molecule has 0 bridgehead atoms. The Morgan fingerprint density at radius 2 is 1.55 bits per heavy atom. The van der Waals surface area contributed by atoms with Crippen molar-refractivity contribution < 1.29 is 9.47 Å². The zero-order valence-corrected chi connectivity index (χ0v) is 12.0. The minimum atomic E-state index is 0.0587. The molecule has 0 aliphatic carbocycles. The van der Waals surface area contributed by atoms with Crippen LogP contribution < -0.4 is 15.2 Å². The van der Waals surface area contributed by atoms with Crippen molar-refractivity contribution in [3.63, 3.8) is 0 Å². The largest absolute Gasteiger partial charge is 0.497 e. The highest BCUT2D eigenvalue weighted by Crippen LogP contribution is 2.17. The number of methoxy groups -OCH3 is 1. The molecule has 2 N–H and O–H groups in total. The first-order chi connectivity index (χ1) is 9.69. The SMILES string of the molecule is COc1ccc(CCOc2ccc([C@H](C)N)cc2)cc1. The molecule has 106 valence electrons. The van der Waals surface area contributed by atoms with E-state index in [0.29, 0.717) is 6.61 Å². The zero-order chi connectivity index (χ0) is 14.4. The maximum absolute atomic E-state index is 5.81. The van der Waals surface area contributed by atoms with Crippen LogP contribution in [0.3, 0.4) is 0 Å². The van der Waals surface area contributed by atoms with Crippen LogP contribution in [0.15, 0.2) is 48.5 Å². The molecule has 1 atom stereocenters. The van der Waals surface area contributed by atoms with Gasteiger partial charge in [-0.2, -0.15) is 0 Å². The normalized spacial score (nSPS) is 11.9. The molecular formula is C17H21NO2. The third-order valence-electron chi connectivity index (χ3n) is 3.22. The third-order valence-corrected chi connectivity index (χ3v) is 3.22. The fourth-order valence-corrected chi connectivity index (χ4v) is 1.95. The first-order valence-corrected chi connectivity index (χ1v) is 6.80. The van der Waals surface area contributed by atoms with Gasteiger partial charge in [0.1, 0.15) is 11.5 Å². The second-order valence-corrected chi connectivity index (χ2v) is 4.80. The maximum atomic E-state index is 5.81. The van der Waals surface area contributed by atoms with E-state index >= 15 is 0 Å². The topological polar surface area (TPSA) is 44.5 Å². The summed E-state index contributed by atoms with van der Waals surface area (Å²) >= 11 is 0. The molecule has 3 heteroatoms. The Labute approximate surface area is 120 Å². The number of hydrogen-bond donors (Lipinski definition) is 1. The summed E-state index contributed by atoms with van der Waals surface area (Å²) in [7, 11) is 1.67. The summed E-state index contributed by atoms with van der Waals surface area (Å²) in [6.07, 6.45) is 0.874. The lowest BCUT2D eigenvalue weighted by molar-refractivity contribution is 0.321. The van der Waals surface area contributed by atoms with E-state index in [-0.39, 0.29) is 6.04 Å². The molecule has 0 spiro atoms. The van der Waals surface area contributed by atoms with E-state index in [1.54, 1.807) is 7.11 Å². The number of nitrogens with two attached hydrogens (primary N) is 1. The summed E-state index contributed by atoms with van der Waals surface area (Å²) in [5, 5.41) is 0. The summed E-state index contributed by atoms with van der Waals surface area (Å²) in [6, 6.07) is 16.0. The van der Waals surface area contributed by atoms with Crippen LogP contribution in [-0.2, 0) is 6.42 Å². The molecule has 0 radical (unpaired) electrons. The Morgan fingerprint density at radius 1 is 0.950 bits per heavy atom. The summed E-state index contributed by atoms with van der Waals surface area (Å²) in [4.78, 5) is 0. The molecule has 3 nitrogen and oxygen atoms in total. The molecule has 2 rings (SSSR count). The van der Waals surface area contributed by atoms with Crippen LogP contribution in [0.4, 0.5) is 0 Å². The predicted octanol–water partition coefficient (Wildman–Crippen LogP) is 3.34. The van der Waals surface area contributed by atoms with Crippen molar-refractivity contribution in [3.05, 3.63) is 59.7 Å². The molecule has 20 heavy (non-hydrogen) atoms. The molecule has 0 unspecified atom stereocenters. The lowest BCUT2D eigenvalue weighted by Gasteiger charge is -2.09. The highest BCUT2D eigenvalue weighted by atomic mass is 16.5. The van der Waals surface area contributed by atoms with Crippen molar-refractivity contribution in [2.45, 2.75) is 19.4 Å². The highest BCUT2D eigenvalue weighted by molar-refractivity contribution is 5.29. The van der Waals surface area contributed by atoms with Gasteiger partial charge >= 0.3 is 0 Å². The van der Waals surface area contributed by atoms with Crippen LogP contribution in [0.5, 0.6) is 11.5 Å². The van der Waals surface area contributed by atoms with Gasteiger partial charge < -0.3 is 15.2 Å². The zero-order valence-electron chi connectivity index (χ0n) is 12.0.